The van der Waals surface area contributed by atoms with Gasteiger partial charge >= 0.3 is 0 Å². The summed E-state index contributed by atoms with van der Waals surface area (Å²) in [6.07, 6.45) is 3.38. The maximum absolute atomic E-state index is 6.03. The quantitative estimate of drug-likeness (QED) is 0.818. The summed E-state index contributed by atoms with van der Waals surface area (Å²) >= 11 is 0. The molecule has 1 fully saturated rings. The minimum Gasteiger partial charge on any atom is -0.349 e. The molecule has 1 aliphatic carbocycles. The summed E-state index contributed by atoms with van der Waals surface area (Å²) in [7, 11) is 0. The van der Waals surface area contributed by atoms with Gasteiger partial charge in [-0.1, -0.05) is 6.07 Å². The second kappa shape index (κ2) is 4.00. The Bertz CT molecular complexity index is 533. The number of hydrogen-bond donors (Lipinski definition) is 2. The second-order valence-corrected chi connectivity index (χ2v) is 4.72. The van der Waals surface area contributed by atoms with Crippen LogP contribution in [0, 0.1) is 6.92 Å². The number of aryl methyl sites for hydroxylation is 1. The molecule has 0 radical (unpaired) electrons. The fourth-order valence-corrected chi connectivity index (χ4v) is 2.43. The molecule has 2 aromatic heterocycles. The number of nitrogens with one attached hydrogen (secondary N) is 1. The number of rotatable bonds is 2. The zero-order chi connectivity index (χ0) is 11.8. The molecule has 0 aliphatic heterocycles. The molecule has 5 heteroatoms. The minimum absolute atomic E-state index is 0.225. The first-order valence-electron chi connectivity index (χ1n) is 6.08. The number of nitrogens with two attached hydrogens (primary N) is 1. The zero-order valence-corrected chi connectivity index (χ0v) is 9.93. The summed E-state index contributed by atoms with van der Waals surface area (Å²) in [5.41, 5.74) is 7.98. The molecule has 3 N–H and O–H groups in total. The van der Waals surface area contributed by atoms with Gasteiger partial charge in [-0.25, -0.2) is 4.52 Å². The normalized spacial score (nSPS) is 24.4. The average molecular weight is 231 g/mol. The molecule has 0 spiro atoms. The molecular formula is C12H17N5. The smallest absolute Gasteiger partial charge is 0.243 e. The van der Waals surface area contributed by atoms with Gasteiger partial charge in [-0.2, -0.15) is 4.98 Å². The molecule has 5 nitrogen and oxygen atoms in total. The van der Waals surface area contributed by atoms with E-state index in [4.69, 9.17) is 5.73 Å². The highest BCUT2D eigenvalue weighted by atomic mass is 15.4. The number of nitrogens with zero attached hydrogens (tertiary/aromatic N) is 3. The maximum Gasteiger partial charge on any atom is 0.243 e. The predicted octanol–water partition coefficient (Wildman–Crippen LogP) is 1.33. The average Bonchev–Trinajstić information content (AvgIpc) is 2.87. The van der Waals surface area contributed by atoms with E-state index in [9.17, 15) is 0 Å². The molecule has 2 aromatic rings. The van der Waals surface area contributed by atoms with Crippen molar-refractivity contribution in [1.29, 1.82) is 0 Å². The Morgan fingerprint density at radius 1 is 1.41 bits per heavy atom. The third-order valence-corrected chi connectivity index (χ3v) is 3.43. The Morgan fingerprint density at radius 2 is 2.29 bits per heavy atom. The van der Waals surface area contributed by atoms with Gasteiger partial charge < -0.3 is 11.1 Å². The first-order chi connectivity index (χ1) is 8.24. The summed E-state index contributed by atoms with van der Waals surface area (Å²) in [5, 5.41) is 7.79. The first-order valence-corrected chi connectivity index (χ1v) is 6.08. The van der Waals surface area contributed by atoms with E-state index < -0.39 is 0 Å². The van der Waals surface area contributed by atoms with Crippen LogP contribution in [0.5, 0.6) is 0 Å². The topological polar surface area (TPSA) is 68.2 Å². The summed E-state index contributed by atoms with van der Waals surface area (Å²) in [4.78, 5) is 4.46. The summed E-state index contributed by atoms with van der Waals surface area (Å²) < 4.78 is 1.85. The van der Waals surface area contributed by atoms with Crippen LogP contribution in [0.2, 0.25) is 0 Å². The van der Waals surface area contributed by atoms with Gasteiger partial charge in [0.1, 0.15) is 0 Å². The zero-order valence-electron chi connectivity index (χ0n) is 9.93. The number of anilines is 1. The molecule has 1 aliphatic rings. The van der Waals surface area contributed by atoms with Gasteiger partial charge in [0, 0.05) is 17.8 Å². The Kier molecular flexibility index (Phi) is 2.48. The minimum atomic E-state index is 0.225. The van der Waals surface area contributed by atoms with Crippen LogP contribution in [0.1, 0.15) is 25.0 Å². The fourth-order valence-electron chi connectivity index (χ4n) is 2.43. The van der Waals surface area contributed by atoms with Gasteiger partial charge in [0.2, 0.25) is 5.95 Å². The Morgan fingerprint density at radius 3 is 3.00 bits per heavy atom. The Labute approximate surface area is 100 Å². The van der Waals surface area contributed by atoms with E-state index in [0.717, 1.165) is 24.2 Å². The van der Waals surface area contributed by atoms with Crippen molar-refractivity contribution in [1.82, 2.24) is 14.6 Å². The van der Waals surface area contributed by atoms with Gasteiger partial charge in [-0.05, 0) is 38.3 Å². The molecule has 2 atom stereocenters. The SMILES string of the molecule is Cc1cccc2nc(NC3CCCC3N)nn12. The van der Waals surface area contributed by atoms with Crippen LogP contribution < -0.4 is 11.1 Å². The molecule has 0 aromatic carbocycles. The van der Waals surface area contributed by atoms with Crippen LogP contribution in [0.15, 0.2) is 18.2 Å². The number of fused-ring (bicyclic) bond motifs is 1. The van der Waals surface area contributed by atoms with E-state index in [1.807, 2.05) is 29.6 Å². The summed E-state index contributed by atoms with van der Waals surface area (Å²) in [6.45, 7) is 2.02. The van der Waals surface area contributed by atoms with Gasteiger partial charge in [0.15, 0.2) is 5.65 Å². The van der Waals surface area contributed by atoms with Crippen molar-refractivity contribution in [3.63, 3.8) is 0 Å². The van der Waals surface area contributed by atoms with Crippen LogP contribution in [0.25, 0.3) is 5.65 Å². The van der Waals surface area contributed by atoms with Crippen molar-refractivity contribution in [2.75, 3.05) is 5.32 Å². The van der Waals surface area contributed by atoms with Gasteiger partial charge in [0.05, 0.1) is 0 Å². The van der Waals surface area contributed by atoms with Gasteiger partial charge in [0.25, 0.3) is 0 Å². The van der Waals surface area contributed by atoms with Crippen molar-refractivity contribution < 1.29 is 0 Å². The molecule has 2 heterocycles. The number of aromatic nitrogens is 3. The van der Waals surface area contributed by atoms with Gasteiger partial charge in [-0.3, -0.25) is 0 Å². The third kappa shape index (κ3) is 1.86. The van der Waals surface area contributed by atoms with Crippen molar-refractivity contribution in [2.24, 2.45) is 5.73 Å². The summed E-state index contributed by atoms with van der Waals surface area (Å²) in [5.74, 6) is 0.682. The van der Waals surface area contributed by atoms with Crippen molar-refractivity contribution in [2.45, 2.75) is 38.3 Å². The maximum atomic E-state index is 6.03. The lowest BCUT2D eigenvalue weighted by atomic mass is 10.2. The van der Waals surface area contributed by atoms with E-state index in [-0.39, 0.29) is 6.04 Å². The van der Waals surface area contributed by atoms with Crippen LogP contribution in [0.3, 0.4) is 0 Å². The predicted molar refractivity (Wildman–Crippen MR) is 67.0 cm³/mol. The molecule has 17 heavy (non-hydrogen) atoms. The highest BCUT2D eigenvalue weighted by Gasteiger charge is 2.24. The number of hydrogen-bond acceptors (Lipinski definition) is 4. The van der Waals surface area contributed by atoms with E-state index in [1.54, 1.807) is 0 Å². The molecular weight excluding hydrogens is 214 g/mol. The Balaban J connectivity index is 1.88. The van der Waals surface area contributed by atoms with E-state index in [2.05, 4.69) is 15.4 Å². The van der Waals surface area contributed by atoms with Gasteiger partial charge in [-0.15, -0.1) is 5.10 Å². The molecule has 1 saturated carbocycles. The van der Waals surface area contributed by atoms with E-state index >= 15 is 0 Å². The Hall–Kier alpha value is -1.62. The lowest BCUT2D eigenvalue weighted by Gasteiger charge is -2.15. The highest BCUT2D eigenvalue weighted by Crippen LogP contribution is 2.20. The molecule has 0 amide bonds. The summed E-state index contributed by atoms with van der Waals surface area (Å²) in [6, 6.07) is 6.51. The van der Waals surface area contributed by atoms with Crippen LogP contribution >= 0.6 is 0 Å². The van der Waals surface area contributed by atoms with Crippen molar-refractivity contribution in [3.8, 4) is 0 Å². The van der Waals surface area contributed by atoms with E-state index in [1.165, 1.54) is 6.42 Å². The number of pyridine rings is 1. The second-order valence-electron chi connectivity index (χ2n) is 4.72. The third-order valence-electron chi connectivity index (χ3n) is 3.43. The molecule has 0 bridgehead atoms. The lowest BCUT2D eigenvalue weighted by Crippen LogP contribution is -2.35. The highest BCUT2D eigenvalue weighted by molar-refractivity contribution is 5.44. The van der Waals surface area contributed by atoms with Crippen LogP contribution in [0.4, 0.5) is 5.95 Å². The standard InChI is InChI=1S/C12H17N5/c1-8-4-2-7-11-15-12(16-17(8)11)14-10-6-3-5-9(10)13/h2,4,7,9-10H,3,5-6,13H2,1H3,(H,14,16). The first kappa shape index (κ1) is 10.5. The monoisotopic (exact) mass is 231 g/mol. The molecule has 3 rings (SSSR count). The van der Waals surface area contributed by atoms with Crippen molar-refractivity contribution >= 4 is 11.6 Å². The van der Waals surface area contributed by atoms with Crippen molar-refractivity contribution in [3.05, 3.63) is 23.9 Å². The van der Waals surface area contributed by atoms with Crippen LogP contribution in [-0.2, 0) is 0 Å². The molecule has 0 saturated heterocycles. The molecule has 2 unspecified atom stereocenters. The van der Waals surface area contributed by atoms with Crippen LogP contribution in [-0.4, -0.2) is 26.7 Å². The lowest BCUT2D eigenvalue weighted by molar-refractivity contribution is 0.632. The fraction of sp³-hybridized carbons (Fsp3) is 0.500. The molecule has 90 valence electrons. The van der Waals surface area contributed by atoms with E-state index in [0.29, 0.717) is 12.0 Å². The largest absolute Gasteiger partial charge is 0.349 e.